The minimum absolute atomic E-state index is 0.0822. The molecule has 4 rings (SSSR count). The third kappa shape index (κ3) is 2.29. The Labute approximate surface area is 150 Å². The molecular formula is C20H15Cl2NO. The lowest BCUT2D eigenvalue weighted by Gasteiger charge is -2.33. The predicted octanol–water partition coefficient (Wildman–Crippen LogP) is 5.65. The molecule has 4 heteroatoms. The van der Waals surface area contributed by atoms with E-state index in [1.807, 2.05) is 37.4 Å². The predicted molar refractivity (Wildman–Crippen MR) is 100 cm³/mol. The van der Waals surface area contributed by atoms with Crippen molar-refractivity contribution in [2.24, 2.45) is 0 Å². The molecule has 3 aromatic carbocycles. The normalized spacial score (nSPS) is 17.2. The zero-order valence-corrected chi connectivity index (χ0v) is 14.6. The van der Waals surface area contributed by atoms with Gasteiger partial charge in [0.2, 0.25) is 5.91 Å². The van der Waals surface area contributed by atoms with Gasteiger partial charge in [0.1, 0.15) is 0 Å². The summed E-state index contributed by atoms with van der Waals surface area (Å²) in [4.78, 5) is 14.3. The Morgan fingerprint density at radius 1 is 1.00 bits per heavy atom. The zero-order valence-electron chi connectivity index (χ0n) is 13.1. The van der Waals surface area contributed by atoms with Gasteiger partial charge >= 0.3 is 0 Å². The monoisotopic (exact) mass is 355 g/mol. The van der Waals surface area contributed by atoms with Crippen LogP contribution in [-0.4, -0.2) is 13.0 Å². The molecule has 1 aliphatic rings. The van der Waals surface area contributed by atoms with Crippen molar-refractivity contribution in [2.75, 3.05) is 11.9 Å². The minimum atomic E-state index is -0.0963. The van der Waals surface area contributed by atoms with E-state index >= 15 is 0 Å². The molecule has 0 fully saturated rings. The second-order valence-electron chi connectivity index (χ2n) is 6.07. The smallest absolute Gasteiger partial charge is 0.227 e. The van der Waals surface area contributed by atoms with Gasteiger partial charge < -0.3 is 4.90 Å². The van der Waals surface area contributed by atoms with Crippen LogP contribution in [0.1, 0.15) is 23.5 Å². The van der Waals surface area contributed by atoms with Crippen LogP contribution in [0.4, 0.5) is 5.69 Å². The number of fused-ring (bicyclic) bond motifs is 3. The quantitative estimate of drug-likeness (QED) is 0.552. The molecule has 3 aromatic rings. The first-order valence-electron chi connectivity index (χ1n) is 7.80. The topological polar surface area (TPSA) is 20.3 Å². The van der Waals surface area contributed by atoms with Gasteiger partial charge in [-0.3, -0.25) is 4.79 Å². The molecule has 1 heterocycles. The lowest BCUT2D eigenvalue weighted by atomic mass is 9.81. The number of anilines is 1. The summed E-state index contributed by atoms with van der Waals surface area (Å²) >= 11 is 12.7. The highest BCUT2D eigenvalue weighted by Crippen LogP contribution is 2.46. The van der Waals surface area contributed by atoms with E-state index in [9.17, 15) is 4.79 Å². The summed E-state index contributed by atoms with van der Waals surface area (Å²) in [7, 11) is 1.83. The van der Waals surface area contributed by atoms with Crippen LogP contribution in [0, 0.1) is 0 Å². The summed E-state index contributed by atoms with van der Waals surface area (Å²) in [6, 6.07) is 17.9. The first-order chi connectivity index (χ1) is 11.6. The van der Waals surface area contributed by atoms with Gasteiger partial charge in [-0.15, -0.1) is 0 Å². The van der Waals surface area contributed by atoms with Crippen LogP contribution in [0.15, 0.2) is 54.6 Å². The van der Waals surface area contributed by atoms with Gasteiger partial charge in [0, 0.05) is 25.1 Å². The number of benzene rings is 3. The maximum absolute atomic E-state index is 12.5. The van der Waals surface area contributed by atoms with Crippen molar-refractivity contribution in [2.45, 2.75) is 12.3 Å². The Kier molecular flexibility index (Phi) is 3.75. The standard InChI is InChI=1S/C20H15Cl2NO/c1-23-17-10-9-12-5-2-3-6-13(12)19(17)15(11-18(23)24)14-7-4-8-16(21)20(14)22/h2-10,15H,11H2,1H3. The zero-order chi connectivity index (χ0) is 16.8. The van der Waals surface area contributed by atoms with E-state index in [1.165, 1.54) is 0 Å². The first-order valence-corrected chi connectivity index (χ1v) is 8.55. The van der Waals surface area contributed by atoms with Gasteiger partial charge in [-0.2, -0.15) is 0 Å². The molecule has 0 saturated carbocycles. The third-order valence-corrected chi connectivity index (χ3v) is 5.60. The Bertz CT molecular complexity index is 967. The molecule has 1 atom stereocenters. The maximum Gasteiger partial charge on any atom is 0.227 e. The number of hydrogen-bond acceptors (Lipinski definition) is 1. The van der Waals surface area contributed by atoms with E-state index in [-0.39, 0.29) is 11.8 Å². The van der Waals surface area contributed by atoms with Crippen molar-refractivity contribution < 1.29 is 4.79 Å². The Hall–Kier alpha value is -2.03. The fourth-order valence-electron chi connectivity index (χ4n) is 3.55. The molecule has 0 radical (unpaired) electrons. The molecule has 120 valence electrons. The van der Waals surface area contributed by atoms with E-state index in [2.05, 4.69) is 18.2 Å². The van der Waals surface area contributed by atoms with E-state index in [1.54, 1.807) is 11.0 Å². The second-order valence-corrected chi connectivity index (χ2v) is 6.86. The number of rotatable bonds is 1. The largest absolute Gasteiger partial charge is 0.315 e. The van der Waals surface area contributed by atoms with Crippen molar-refractivity contribution in [3.05, 3.63) is 75.8 Å². The number of nitrogens with zero attached hydrogens (tertiary/aromatic N) is 1. The summed E-state index contributed by atoms with van der Waals surface area (Å²) in [6.07, 6.45) is 0.386. The lowest BCUT2D eigenvalue weighted by molar-refractivity contribution is -0.118. The van der Waals surface area contributed by atoms with Crippen molar-refractivity contribution in [1.82, 2.24) is 0 Å². The molecule has 0 spiro atoms. The van der Waals surface area contributed by atoms with Gasteiger partial charge in [-0.05, 0) is 34.0 Å². The molecule has 1 aliphatic heterocycles. The Morgan fingerprint density at radius 3 is 2.62 bits per heavy atom. The molecule has 0 aromatic heterocycles. The average molecular weight is 356 g/mol. The summed E-state index contributed by atoms with van der Waals surface area (Å²) in [5, 5.41) is 3.35. The Balaban J connectivity index is 2.04. The SMILES string of the molecule is CN1C(=O)CC(c2cccc(Cl)c2Cl)c2c1ccc1ccccc21. The fraction of sp³-hybridized carbons (Fsp3) is 0.150. The molecule has 1 unspecified atom stereocenters. The van der Waals surface area contributed by atoms with E-state index in [4.69, 9.17) is 23.2 Å². The van der Waals surface area contributed by atoms with Crippen LogP contribution in [0.25, 0.3) is 10.8 Å². The Morgan fingerprint density at radius 2 is 1.79 bits per heavy atom. The molecule has 0 N–H and O–H groups in total. The van der Waals surface area contributed by atoms with Crippen molar-refractivity contribution >= 4 is 45.6 Å². The van der Waals surface area contributed by atoms with Crippen LogP contribution in [0.5, 0.6) is 0 Å². The molecule has 0 saturated heterocycles. The van der Waals surface area contributed by atoms with Crippen molar-refractivity contribution in [3.8, 4) is 0 Å². The van der Waals surface area contributed by atoms with Gasteiger partial charge in [0.15, 0.2) is 0 Å². The van der Waals surface area contributed by atoms with Crippen LogP contribution >= 0.6 is 23.2 Å². The number of halogens is 2. The van der Waals surface area contributed by atoms with Crippen LogP contribution in [0.2, 0.25) is 10.0 Å². The molecular weight excluding hydrogens is 341 g/mol. The molecule has 0 bridgehead atoms. The number of carbonyl (C=O) groups excluding carboxylic acids is 1. The maximum atomic E-state index is 12.5. The fourth-order valence-corrected chi connectivity index (χ4v) is 3.99. The van der Waals surface area contributed by atoms with Crippen LogP contribution in [0.3, 0.4) is 0 Å². The summed E-state index contributed by atoms with van der Waals surface area (Å²) < 4.78 is 0. The van der Waals surface area contributed by atoms with E-state index in [0.717, 1.165) is 27.6 Å². The van der Waals surface area contributed by atoms with E-state index in [0.29, 0.717) is 16.5 Å². The average Bonchev–Trinajstić information content (AvgIpc) is 2.60. The van der Waals surface area contributed by atoms with Crippen LogP contribution in [-0.2, 0) is 4.79 Å². The highest BCUT2D eigenvalue weighted by molar-refractivity contribution is 6.42. The van der Waals surface area contributed by atoms with Gasteiger partial charge in [-0.1, -0.05) is 65.7 Å². The second kappa shape index (κ2) is 5.80. The first kappa shape index (κ1) is 15.5. The molecule has 1 amide bonds. The number of hydrogen-bond donors (Lipinski definition) is 0. The summed E-state index contributed by atoms with van der Waals surface area (Å²) in [5.74, 6) is -0.0141. The van der Waals surface area contributed by atoms with E-state index < -0.39 is 0 Å². The van der Waals surface area contributed by atoms with Crippen molar-refractivity contribution in [1.29, 1.82) is 0 Å². The number of carbonyl (C=O) groups is 1. The van der Waals surface area contributed by atoms with Crippen molar-refractivity contribution in [3.63, 3.8) is 0 Å². The highest BCUT2D eigenvalue weighted by atomic mass is 35.5. The summed E-state index contributed by atoms with van der Waals surface area (Å²) in [6.45, 7) is 0. The van der Waals surface area contributed by atoms with Crippen LogP contribution < -0.4 is 4.90 Å². The van der Waals surface area contributed by atoms with Gasteiger partial charge in [-0.25, -0.2) is 0 Å². The molecule has 2 nitrogen and oxygen atoms in total. The minimum Gasteiger partial charge on any atom is -0.315 e. The third-order valence-electron chi connectivity index (χ3n) is 4.77. The van der Waals surface area contributed by atoms with Gasteiger partial charge in [0.05, 0.1) is 10.0 Å². The number of amides is 1. The molecule has 0 aliphatic carbocycles. The van der Waals surface area contributed by atoms with Gasteiger partial charge in [0.25, 0.3) is 0 Å². The highest BCUT2D eigenvalue weighted by Gasteiger charge is 2.33. The molecule has 24 heavy (non-hydrogen) atoms. The lowest BCUT2D eigenvalue weighted by Crippen LogP contribution is -2.33. The summed E-state index contributed by atoms with van der Waals surface area (Å²) in [5.41, 5.74) is 2.98.